The maximum Gasteiger partial charge on any atom is 0.434 e. The Hall–Kier alpha value is -0.900. The van der Waals surface area contributed by atoms with Crippen molar-refractivity contribution in [3.63, 3.8) is 0 Å². The van der Waals surface area contributed by atoms with E-state index in [0.717, 1.165) is 29.8 Å². The summed E-state index contributed by atoms with van der Waals surface area (Å²) < 4.78 is 42.6. The number of methoxy groups -OCH3 is 1. The van der Waals surface area contributed by atoms with Crippen molar-refractivity contribution < 1.29 is 22.7 Å². The van der Waals surface area contributed by atoms with Gasteiger partial charge in [-0.05, 0) is 25.9 Å². The fourth-order valence-electron chi connectivity index (χ4n) is 2.64. The van der Waals surface area contributed by atoms with Gasteiger partial charge in [0.1, 0.15) is 0 Å². The summed E-state index contributed by atoms with van der Waals surface area (Å²) in [6.45, 7) is 2.11. The zero-order valence-corrected chi connectivity index (χ0v) is 14.9. The fourth-order valence-corrected chi connectivity index (χ4v) is 3.45. The van der Waals surface area contributed by atoms with Gasteiger partial charge in [0.25, 0.3) is 0 Å². The van der Waals surface area contributed by atoms with E-state index in [-0.39, 0.29) is 31.3 Å². The molecular weight excluding hydrogens is 367 g/mol. The van der Waals surface area contributed by atoms with Crippen molar-refractivity contribution in [2.45, 2.75) is 25.4 Å². The van der Waals surface area contributed by atoms with Gasteiger partial charge in [0.15, 0.2) is 5.69 Å². The molecule has 0 spiro atoms. The third kappa shape index (κ3) is 5.30. The van der Waals surface area contributed by atoms with Crippen molar-refractivity contribution in [1.82, 2.24) is 15.6 Å². The van der Waals surface area contributed by atoms with Crippen LogP contribution in [0.3, 0.4) is 0 Å². The van der Waals surface area contributed by atoms with Crippen molar-refractivity contribution in [2.24, 2.45) is 5.41 Å². The lowest BCUT2D eigenvalue weighted by molar-refractivity contribution is -0.141. The summed E-state index contributed by atoms with van der Waals surface area (Å²) in [5, 5.41) is 7.38. The Bertz CT molecular complexity index is 528. The largest absolute Gasteiger partial charge is 0.434 e. The van der Waals surface area contributed by atoms with Gasteiger partial charge >= 0.3 is 6.18 Å². The Morgan fingerprint density at radius 1 is 1.46 bits per heavy atom. The van der Waals surface area contributed by atoms with Crippen LogP contribution in [0, 0.1) is 5.41 Å². The molecule has 1 aromatic rings. The molecule has 0 atom stereocenters. The lowest BCUT2D eigenvalue weighted by Crippen LogP contribution is -2.50. The molecule has 2 heterocycles. The molecule has 0 unspecified atom stereocenters. The van der Waals surface area contributed by atoms with E-state index in [4.69, 9.17) is 4.74 Å². The van der Waals surface area contributed by atoms with E-state index >= 15 is 0 Å². The van der Waals surface area contributed by atoms with Gasteiger partial charge in [0.2, 0.25) is 5.91 Å². The van der Waals surface area contributed by atoms with Crippen LogP contribution in [0.4, 0.5) is 13.2 Å². The summed E-state index contributed by atoms with van der Waals surface area (Å²) in [5.41, 5.74) is -1.43. The highest BCUT2D eigenvalue weighted by Gasteiger charge is 2.39. The number of alkyl halides is 3. The molecule has 2 N–H and O–H groups in total. The van der Waals surface area contributed by atoms with Gasteiger partial charge in [-0.2, -0.15) is 13.2 Å². The summed E-state index contributed by atoms with van der Waals surface area (Å²) in [6.07, 6.45) is -2.77. The number of nitrogens with zero attached hydrogens (tertiary/aromatic N) is 1. The van der Waals surface area contributed by atoms with E-state index in [2.05, 4.69) is 15.6 Å². The van der Waals surface area contributed by atoms with Gasteiger partial charge in [-0.25, -0.2) is 4.98 Å². The molecule has 24 heavy (non-hydrogen) atoms. The molecule has 138 valence electrons. The summed E-state index contributed by atoms with van der Waals surface area (Å²) >= 11 is 0.956. The highest BCUT2D eigenvalue weighted by molar-refractivity contribution is 7.09. The SMILES string of the molecule is COCC1(C(=O)NCCc2nc(C(F)(F)F)cs2)CCNCC1.Cl. The molecule has 5 nitrogen and oxygen atoms in total. The second kappa shape index (κ2) is 8.98. The zero-order valence-electron chi connectivity index (χ0n) is 13.2. The van der Waals surface area contributed by atoms with E-state index in [1.165, 1.54) is 0 Å². The van der Waals surface area contributed by atoms with Crippen LogP contribution in [0.15, 0.2) is 5.38 Å². The Labute approximate surface area is 148 Å². The maximum absolute atomic E-state index is 12.5. The molecule has 1 aliphatic rings. The molecule has 1 amide bonds. The number of ether oxygens (including phenoxy) is 1. The number of amides is 1. The Morgan fingerprint density at radius 2 is 2.12 bits per heavy atom. The van der Waals surface area contributed by atoms with E-state index in [0.29, 0.717) is 24.5 Å². The van der Waals surface area contributed by atoms with Crippen LogP contribution in [-0.2, 0) is 22.1 Å². The van der Waals surface area contributed by atoms with Gasteiger partial charge in [-0.1, -0.05) is 0 Å². The molecule has 0 aliphatic carbocycles. The second-order valence-corrected chi connectivity index (χ2v) is 6.54. The maximum atomic E-state index is 12.5. The van der Waals surface area contributed by atoms with Crippen LogP contribution < -0.4 is 10.6 Å². The predicted molar refractivity (Wildman–Crippen MR) is 87.5 cm³/mol. The van der Waals surface area contributed by atoms with Crippen molar-refractivity contribution in [2.75, 3.05) is 33.4 Å². The normalized spacial score (nSPS) is 17.2. The van der Waals surface area contributed by atoms with E-state index < -0.39 is 17.3 Å². The zero-order chi connectivity index (χ0) is 16.9. The van der Waals surface area contributed by atoms with Gasteiger partial charge in [-0.3, -0.25) is 4.79 Å². The molecule has 1 aromatic heterocycles. The van der Waals surface area contributed by atoms with Crippen LogP contribution in [0.1, 0.15) is 23.5 Å². The number of hydrogen-bond donors (Lipinski definition) is 2. The monoisotopic (exact) mass is 387 g/mol. The van der Waals surface area contributed by atoms with Crippen LogP contribution in [0.5, 0.6) is 0 Å². The Morgan fingerprint density at radius 3 is 2.67 bits per heavy atom. The molecule has 0 bridgehead atoms. The molecule has 1 aliphatic heterocycles. The first-order chi connectivity index (χ1) is 10.9. The number of nitrogens with one attached hydrogen (secondary N) is 2. The number of aromatic nitrogens is 1. The number of hydrogen-bond acceptors (Lipinski definition) is 5. The quantitative estimate of drug-likeness (QED) is 0.786. The number of carbonyl (C=O) groups excluding carboxylic acids is 1. The van der Waals surface area contributed by atoms with Crippen molar-refractivity contribution in [3.05, 3.63) is 16.1 Å². The van der Waals surface area contributed by atoms with E-state index in [9.17, 15) is 18.0 Å². The first-order valence-electron chi connectivity index (χ1n) is 7.37. The van der Waals surface area contributed by atoms with Gasteiger partial charge < -0.3 is 15.4 Å². The first kappa shape index (κ1) is 21.1. The summed E-state index contributed by atoms with van der Waals surface area (Å²) in [5.74, 6) is -0.103. The second-order valence-electron chi connectivity index (χ2n) is 5.59. The molecule has 0 radical (unpaired) electrons. The summed E-state index contributed by atoms with van der Waals surface area (Å²) in [7, 11) is 1.56. The molecule has 0 aromatic carbocycles. The molecule has 2 rings (SSSR count). The molecule has 1 saturated heterocycles. The predicted octanol–water partition coefficient (Wildman–Crippen LogP) is 2.26. The number of carbonyl (C=O) groups is 1. The average molecular weight is 388 g/mol. The first-order valence-corrected chi connectivity index (χ1v) is 8.25. The third-order valence-corrected chi connectivity index (χ3v) is 4.84. The summed E-state index contributed by atoms with van der Waals surface area (Å²) in [4.78, 5) is 16.0. The molecular formula is C14H21ClF3N3O2S. The van der Waals surface area contributed by atoms with Crippen LogP contribution in [0.2, 0.25) is 0 Å². The topological polar surface area (TPSA) is 63.2 Å². The highest BCUT2D eigenvalue weighted by atomic mass is 35.5. The third-order valence-electron chi connectivity index (χ3n) is 3.93. The Balaban J connectivity index is 0.00000288. The number of piperidine rings is 1. The molecule has 1 fully saturated rings. The highest BCUT2D eigenvalue weighted by Crippen LogP contribution is 2.31. The smallest absolute Gasteiger partial charge is 0.384 e. The van der Waals surface area contributed by atoms with E-state index in [1.54, 1.807) is 7.11 Å². The van der Waals surface area contributed by atoms with Crippen LogP contribution in [0.25, 0.3) is 0 Å². The van der Waals surface area contributed by atoms with Gasteiger partial charge in [0.05, 0.1) is 17.0 Å². The minimum atomic E-state index is -4.42. The minimum absolute atomic E-state index is 0. The minimum Gasteiger partial charge on any atom is -0.384 e. The van der Waals surface area contributed by atoms with Crippen LogP contribution in [-0.4, -0.2) is 44.2 Å². The number of halogens is 4. The van der Waals surface area contributed by atoms with Crippen molar-refractivity contribution in [1.29, 1.82) is 0 Å². The number of rotatable bonds is 6. The Kier molecular flexibility index (Phi) is 7.91. The number of thiazole rings is 1. The lowest BCUT2D eigenvalue weighted by atomic mass is 9.78. The standard InChI is InChI=1S/C14H20F3N3O2S.ClH/c1-22-9-13(3-6-18-7-4-13)12(21)19-5-2-11-20-10(8-23-11)14(15,16)17;/h8,18H,2-7,9H2,1H3,(H,19,21);1H. The van der Waals surface area contributed by atoms with Crippen LogP contribution >= 0.6 is 23.7 Å². The van der Waals surface area contributed by atoms with Crippen molar-refractivity contribution >= 4 is 29.7 Å². The molecule has 0 saturated carbocycles. The van der Waals surface area contributed by atoms with Gasteiger partial charge in [0, 0.05) is 25.5 Å². The summed E-state index contributed by atoms with van der Waals surface area (Å²) in [6, 6.07) is 0. The fraction of sp³-hybridized carbons (Fsp3) is 0.714. The van der Waals surface area contributed by atoms with E-state index in [1.807, 2.05) is 0 Å². The van der Waals surface area contributed by atoms with Crippen molar-refractivity contribution in [3.8, 4) is 0 Å². The molecule has 10 heteroatoms. The average Bonchev–Trinajstić information content (AvgIpc) is 2.97. The van der Waals surface area contributed by atoms with Gasteiger partial charge in [-0.15, -0.1) is 23.7 Å². The lowest BCUT2D eigenvalue weighted by Gasteiger charge is -2.35.